The van der Waals surface area contributed by atoms with Gasteiger partial charge in [0.05, 0.1) is 0 Å². The number of nitrogens with zero attached hydrogens (tertiary/aromatic N) is 1. The highest BCUT2D eigenvalue weighted by molar-refractivity contribution is 7.10. The molecule has 1 aromatic carbocycles. The van der Waals surface area contributed by atoms with E-state index in [1.165, 1.54) is 5.38 Å². The number of aromatic nitrogens is 1. The number of hydrogen-bond acceptors (Lipinski definition) is 4. The smallest absolute Gasteiger partial charge is 0.425 e. The average Bonchev–Trinajstić information content (AvgIpc) is 3.02. The van der Waals surface area contributed by atoms with Gasteiger partial charge in [-0.2, -0.15) is 18.2 Å². The van der Waals surface area contributed by atoms with Gasteiger partial charge < -0.3 is 9.47 Å². The molecule has 0 aliphatic rings. The number of thiophene rings is 1. The van der Waals surface area contributed by atoms with Crippen molar-refractivity contribution in [3.8, 4) is 17.5 Å². The molecule has 2 aromatic heterocycles. The van der Waals surface area contributed by atoms with Gasteiger partial charge in [0.2, 0.25) is 11.8 Å². The first-order valence-electron chi connectivity index (χ1n) is 7.08. The zero-order chi connectivity index (χ0) is 17.9. The maximum Gasteiger partial charge on any atom is 0.425 e. The van der Waals surface area contributed by atoms with Gasteiger partial charge in [-0.15, -0.1) is 11.3 Å². The van der Waals surface area contributed by atoms with Gasteiger partial charge in [0.25, 0.3) is 0 Å². The van der Waals surface area contributed by atoms with Crippen LogP contribution in [-0.2, 0) is 12.8 Å². The highest BCUT2D eigenvalue weighted by atomic mass is 32.1. The van der Waals surface area contributed by atoms with Gasteiger partial charge in [-0.1, -0.05) is 30.3 Å². The summed E-state index contributed by atoms with van der Waals surface area (Å²) < 4.78 is 62.0. The number of hydrogen-bond donors (Lipinski definition) is 0. The van der Waals surface area contributed by atoms with Crippen LogP contribution < -0.4 is 9.47 Å². The molecule has 0 saturated heterocycles. The van der Waals surface area contributed by atoms with Crippen LogP contribution in [-0.4, -0.2) is 4.98 Å². The predicted molar refractivity (Wildman–Crippen MR) is 84.4 cm³/mol. The summed E-state index contributed by atoms with van der Waals surface area (Å²) in [7, 11) is 0. The lowest BCUT2D eigenvalue weighted by Gasteiger charge is -2.08. The van der Waals surface area contributed by atoms with Gasteiger partial charge in [0.1, 0.15) is 23.1 Å². The van der Waals surface area contributed by atoms with Gasteiger partial charge in [0, 0.05) is 23.6 Å². The Labute approximate surface area is 144 Å². The van der Waals surface area contributed by atoms with E-state index < -0.39 is 16.9 Å². The van der Waals surface area contributed by atoms with E-state index in [4.69, 9.17) is 9.47 Å². The molecular formula is C17H11F4NO2S. The Morgan fingerprint density at radius 1 is 1.00 bits per heavy atom. The molecule has 0 atom stereocenters. The van der Waals surface area contributed by atoms with Crippen LogP contribution in [0.2, 0.25) is 0 Å². The molecule has 0 spiro atoms. The number of alkyl halides is 3. The molecule has 3 aromatic rings. The van der Waals surface area contributed by atoms with Crippen LogP contribution in [0.15, 0.2) is 53.9 Å². The number of halogens is 4. The van der Waals surface area contributed by atoms with Gasteiger partial charge in [-0.05, 0) is 5.56 Å². The highest BCUT2D eigenvalue weighted by Gasteiger charge is 2.32. The van der Waals surface area contributed by atoms with E-state index in [0.717, 1.165) is 23.8 Å². The van der Waals surface area contributed by atoms with Gasteiger partial charge in [0.15, 0.2) is 0 Å². The minimum absolute atomic E-state index is 0.0230. The van der Waals surface area contributed by atoms with E-state index in [1.807, 2.05) is 30.3 Å². The molecule has 0 bridgehead atoms. The maximum atomic E-state index is 13.7. The van der Waals surface area contributed by atoms with Crippen molar-refractivity contribution < 1.29 is 27.0 Å². The Morgan fingerprint density at radius 2 is 1.72 bits per heavy atom. The monoisotopic (exact) mass is 369 g/mol. The van der Waals surface area contributed by atoms with Crippen LogP contribution in [0.25, 0.3) is 0 Å². The molecule has 0 amide bonds. The third-order valence-electron chi connectivity index (χ3n) is 3.05. The van der Waals surface area contributed by atoms with E-state index in [-0.39, 0.29) is 24.1 Å². The second-order valence-corrected chi connectivity index (χ2v) is 5.89. The number of pyridine rings is 1. The molecule has 0 radical (unpaired) electrons. The molecule has 0 aliphatic carbocycles. The standard InChI is InChI=1S/C17H11F4NO2S/c18-12-6-15(23-9-11-4-2-1-3-5-11)22-16(7-12)24-13-8-14(25-10-13)17(19,20)21/h1-8,10H,9H2. The van der Waals surface area contributed by atoms with Crippen molar-refractivity contribution in [3.05, 3.63) is 70.2 Å². The van der Waals surface area contributed by atoms with Gasteiger partial charge in [-0.25, -0.2) is 4.39 Å². The fraction of sp³-hybridized carbons (Fsp3) is 0.118. The lowest BCUT2D eigenvalue weighted by atomic mass is 10.2. The molecule has 0 fully saturated rings. The SMILES string of the molecule is Fc1cc(OCc2ccccc2)nc(Oc2csc(C(F)(F)F)c2)c1. The van der Waals surface area contributed by atoms with Crippen molar-refractivity contribution in [1.82, 2.24) is 4.98 Å². The summed E-state index contributed by atoms with van der Waals surface area (Å²) in [5.41, 5.74) is 0.865. The molecular weight excluding hydrogens is 358 g/mol. The minimum Gasteiger partial charge on any atom is -0.473 e. The first kappa shape index (κ1) is 17.2. The molecule has 25 heavy (non-hydrogen) atoms. The average molecular weight is 369 g/mol. The number of rotatable bonds is 5. The second kappa shape index (κ2) is 7.10. The Balaban J connectivity index is 1.72. The maximum absolute atomic E-state index is 13.7. The zero-order valence-corrected chi connectivity index (χ0v) is 13.4. The van der Waals surface area contributed by atoms with Crippen LogP contribution in [0, 0.1) is 5.82 Å². The molecule has 130 valence electrons. The Bertz CT molecular complexity index is 849. The topological polar surface area (TPSA) is 31.4 Å². The summed E-state index contributed by atoms with van der Waals surface area (Å²) in [4.78, 5) is 3.15. The van der Waals surface area contributed by atoms with Crippen LogP contribution in [0.5, 0.6) is 17.5 Å². The van der Waals surface area contributed by atoms with Crippen molar-refractivity contribution in [1.29, 1.82) is 0 Å². The molecule has 3 nitrogen and oxygen atoms in total. The van der Waals surface area contributed by atoms with Gasteiger partial charge >= 0.3 is 6.18 Å². The van der Waals surface area contributed by atoms with Crippen molar-refractivity contribution in [3.63, 3.8) is 0 Å². The van der Waals surface area contributed by atoms with Gasteiger partial charge in [-0.3, -0.25) is 0 Å². The van der Waals surface area contributed by atoms with Crippen LogP contribution >= 0.6 is 11.3 Å². The molecule has 2 heterocycles. The molecule has 8 heteroatoms. The highest BCUT2D eigenvalue weighted by Crippen LogP contribution is 2.37. The fourth-order valence-corrected chi connectivity index (χ4v) is 2.63. The van der Waals surface area contributed by atoms with Crippen LogP contribution in [0.1, 0.15) is 10.4 Å². The van der Waals surface area contributed by atoms with Crippen LogP contribution in [0.3, 0.4) is 0 Å². The fourth-order valence-electron chi connectivity index (χ4n) is 1.95. The first-order valence-corrected chi connectivity index (χ1v) is 7.96. The number of benzene rings is 1. The molecule has 0 saturated carbocycles. The Morgan fingerprint density at radius 3 is 2.40 bits per heavy atom. The normalized spacial score (nSPS) is 11.4. The summed E-state index contributed by atoms with van der Waals surface area (Å²) in [6, 6.07) is 12.1. The third-order valence-corrected chi connectivity index (χ3v) is 4.00. The third kappa shape index (κ3) is 4.69. The van der Waals surface area contributed by atoms with Crippen molar-refractivity contribution >= 4 is 11.3 Å². The predicted octanol–water partition coefficient (Wildman–Crippen LogP) is 5.67. The Hall–Kier alpha value is -2.61. The first-order chi connectivity index (χ1) is 11.9. The lowest BCUT2D eigenvalue weighted by Crippen LogP contribution is -2.01. The largest absolute Gasteiger partial charge is 0.473 e. The molecule has 3 rings (SSSR count). The summed E-state index contributed by atoms with van der Waals surface area (Å²) in [5, 5.41) is 1.18. The van der Waals surface area contributed by atoms with E-state index in [9.17, 15) is 17.6 Å². The van der Waals surface area contributed by atoms with E-state index in [1.54, 1.807) is 0 Å². The van der Waals surface area contributed by atoms with E-state index in [0.29, 0.717) is 11.3 Å². The van der Waals surface area contributed by atoms with E-state index in [2.05, 4.69) is 4.98 Å². The van der Waals surface area contributed by atoms with Crippen molar-refractivity contribution in [2.75, 3.05) is 0 Å². The summed E-state index contributed by atoms with van der Waals surface area (Å²) >= 11 is 0.489. The summed E-state index contributed by atoms with van der Waals surface area (Å²) in [6.45, 7) is 0.174. The second-order valence-electron chi connectivity index (χ2n) is 4.98. The minimum atomic E-state index is -4.45. The summed E-state index contributed by atoms with van der Waals surface area (Å²) in [6.07, 6.45) is -4.45. The molecule has 0 aliphatic heterocycles. The van der Waals surface area contributed by atoms with Crippen molar-refractivity contribution in [2.24, 2.45) is 0 Å². The molecule has 0 unspecified atom stereocenters. The van der Waals surface area contributed by atoms with Crippen molar-refractivity contribution in [2.45, 2.75) is 12.8 Å². The zero-order valence-electron chi connectivity index (χ0n) is 12.6. The Kier molecular flexibility index (Phi) is 4.89. The van der Waals surface area contributed by atoms with Crippen LogP contribution in [0.4, 0.5) is 17.6 Å². The lowest BCUT2D eigenvalue weighted by molar-refractivity contribution is -0.134. The van der Waals surface area contributed by atoms with E-state index >= 15 is 0 Å². The quantitative estimate of drug-likeness (QED) is 0.543. The number of ether oxygens (including phenoxy) is 2. The molecule has 0 N–H and O–H groups in total. The summed E-state index contributed by atoms with van der Waals surface area (Å²) in [5.74, 6) is -0.941.